The highest BCUT2D eigenvalue weighted by atomic mass is 16.5. The number of hydrogen-bond acceptors (Lipinski definition) is 3. The lowest BCUT2D eigenvalue weighted by Crippen LogP contribution is -2.44. The smallest absolute Gasteiger partial charge is 0.314 e. The third kappa shape index (κ3) is 9.08. The molecule has 0 radical (unpaired) electrons. The van der Waals surface area contributed by atoms with E-state index in [9.17, 15) is 4.79 Å². The van der Waals surface area contributed by atoms with E-state index >= 15 is 0 Å². The molecule has 1 aromatic rings. The molecule has 0 aliphatic heterocycles. The minimum absolute atomic E-state index is 0.109. The number of anilines is 1. The molecular weight excluding hydrogens is 290 g/mol. The van der Waals surface area contributed by atoms with E-state index in [0.717, 1.165) is 31.7 Å². The summed E-state index contributed by atoms with van der Waals surface area (Å²) in [4.78, 5) is 11.8. The summed E-state index contributed by atoms with van der Waals surface area (Å²) < 4.78 is 5.27. The molecular formula is C18H31N3O2. The van der Waals surface area contributed by atoms with Crippen molar-refractivity contribution in [2.45, 2.75) is 39.7 Å². The number of urea groups is 1. The fourth-order valence-corrected chi connectivity index (χ4v) is 2.14. The monoisotopic (exact) mass is 321 g/mol. The first-order valence-electron chi connectivity index (χ1n) is 8.54. The van der Waals surface area contributed by atoms with Gasteiger partial charge in [0.2, 0.25) is 0 Å². The average Bonchev–Trinajstić information content (AvgIpc) is 2.55. The number of hydrogen-bond donors (Lipinski definition) is 3. The van der Waals surface area contributed by atoms with Crippen LogP contribution in [0.5, 0.6) is 0 Å². The molecule has 1 aromatic carbocycles. The third-order valence-electron chi connectivity index (χ3n) is 3.62. The predicted molar refractivity (Wildman–Crippen MR) is 95.8 cm³/mol. The molecule has 2 amide bonds. The average molecular weight is 321 g/mol. The topological polar surface area (TPSA) is 62.4 Å². The number of carbonyl (C=O) groups is 1. The van der Waals surface area contributed by atoms with Crippen molar-refractivity contribution in [3.05, 3.63) is 30.3 Å². The summed E-state index contributed by atoms with van der Waals surface area (Å²) in [6.45, 7) is 9.06. The zero-order chi connectivity index (χ0) is 16.9. The van der Waals surface area contributed by atoms with Gasteiger partial charge in [0.05, 0.1) is 0 Å². The highest BCUT2D eigenvalue weighted by Crippen LogP contribution is 2.11. The SMILES string of the molecule is CCOCCCCNC(=O)NC[C@@H](Nc1ccccc1)C(C)C. The fourth-order valence-electron chi connectivity index (χ4n) is 2.14. The van der Waals surface area contributed by atoms with Gasteiger partial charge in [-0.25, -0.2) is 4.79 Å². The van der Waals surface area contributed by atoms with Crippen molar-refractivity contribution >= 4 is 11.7 Å². The summed E-state index contributed by atoms with van der Waals surface area (Å²) in [5.41, 5.74) is 1.07. The van der Waals surface area contributed by atoms with E-state index < -0.39 is 0 Å². The number of para-hydroxylation sites is 1. The summed E-state index contributed by atoms with van der Waals surface area (Å²) in [7, 11) is 0. The summed E-state index contributed by atoms with van der Waals surface area (Å²) in [6.07, 6.45) is 1.90. The summed E-state index contributed by atoms with van der Waals surface area (Å²) >= 11 is 0. The van der Waals surface area contributed by atoms with Crippen molar-refractivity contribution in [1.82, 2.24) is 10.6 Å². The van der Waals surface area contributed by atoms with Crippen LogP contribution in [0, 0.1) is 5.92 Å². The van der Waals surface area contributed by atoms with Gasteiger partial charge in [-0.1, -0.05) is 32.0 Å². The molecule has 1 rings (SSSR count). The Morgan fingerprint density at radius 3 is 2.52 bits per heavy atom. The number of ether oxygens (including phenoxy) is 1. The van der Waals surface area contributed by atoms with Crippen molar-refractivity contribution in [1.29, 1.82) is 0 Å². The molecule has 1 atom stereocenters. The molecule has 0 aromatic heterocycles. The molecule has 0 fully saturated rings. The maximum atomic E-state index is 11.8. The van der Waals surface area contributed by atoms with Crippen LogP contribution >= 0.6 is 0 Å². The number of rotatable bonds is 11. The molecule has 0 aliphatic rings. The standard InChI is InChI=1S/C18H31N3O2/c1-4-23-13-9-8-12-19-18(22)20-14-17(15(2)3)21-16-10-6-5-7-11-16/h5-7,10-11,15,17,21H,4,8-9,12-14H2,1-3H3,(H2,19,20,22)/t17-/m1/s1. The van der Waals surface area contributed by atoms with E-state index in [1.807, 2.05) is 37.3 Å². The second-order valence-electron chi connectivity index (χ2n) is 5.90. The summed E-state index contributed by atoms with van der Waals surface area (Å²) in [6, 6.07) is 10.2. The molecule has 0 spiro atoms. The first kappa shape index (κ1) is 19.3. The largest absolute Gasteiger partial charge is 0.382 e. The molecule has 130 valence electrons. The highest BCUT2D eigenvalue weighted by molar-refractivity contribution is 5.73. The van der Waals surface area contributed by atoms with Gasteiger partial charge in [0.25, 0.3) is 0 Å². The second kappa shape index (κ2) is 11.8. The quantitative estimate of drug-likeness (QED) is 0.548. The van der Waals surface area contributed by atoms with E-state index in [4.69, 9.17) is 4.74 Å². The van der Waals surface area contributed by atoms with Crippen molar-refractivity contribution in [2.75, 3.05) is 31.6 Å². The maximum absolute atomic E-state index is 11.8. The van der Waals surface area contributed by atoms with Crippen molar-refractivity contribution in [2.24, 2.45) is 5.92 Å². The molecule has 5 nitrogen and oxygen atoms in total. The first-order valence-corrected chi connectivity index (χ1v) is 8.54. The molecule has 5 heteroatoms. The van der Waals surface area contributed by atoms with Gasteiger partial charge in [-0.05, 0) is 37.8 Å². The lowest BCUT2D eigenvalue weighted by atomic mass is 10.0. The van der Waals surface area contributed by atoms with Crippen LogP contribution in [0.2, 0.25) is 0 Å². The Morgan fingerprint density at radius 1 is 1.13 bits per heavy atom. The van der Waals surface area contributed by atoms with Crippen LogP contribution in [-0.2, 0) is 4.74 Å². The minimum atomic E-state index is -0.109. The van der Waals surface area contributed by atoms with Gasteiger partial charge >= 0.3 is 6.03 Å². The molecule has 23 heavy (non-hydrogen) atoms. The van der Waals surface area contributed by atoms with Gasteiger partial charge in [0.1, 0.15) is 0 Å². The number of carbonyl (C=O) groups excluding carboxylic acids is 1. The molecule has 0 bridgehead atoms. The van der Waals surface area contributed by atoms with Crippen LogP contribution < -0.4 is 16.0 Å². The highest BCUT2D eigenvalue weighted by Gasteiger charge is 2.14. The van der Waals surface area contributed by atoms with Crippen LogP contribution in [0.4, 0.5) is 10.5 Å². The minimum Gasteiger partial charge on any atom is -0.382 e. The Morgan fingerprint density at radius 2 is 1.87 bits per heavy atom. The van der Waals surface area contributed by atoms with E-state index in [-0.39, 0.29) is 12.1 Å². The number of nitrogens with one attached hydrogen (secondary N) is 3. The summed E-state index contributed by atoms with van der Waals surface area (Å²) in [5, 5.41) is 9.29. The lowest BCUT2D eigenvalue weighted by molar-refractivity contribution is 0.143. The Hall–Kier alpha value is -1.75. The van der Waals surface area contributed by atoms with Gasteiger partial charge in [-0.2, -0.15) is 0 Å². The molecule has 0 saturated carbocycles. The Kier molecular flexibility index (Phi) is 9.87. The molecule has 0 unspecified atom stereocenters. The molecule has 0 aliphatic carbocycles. The van der Waals surface area contributed by atoms with Crippen LogP contribution in [0.3, 0.4) is 0 Å². The van der Waals surface area contributed by atoms with Gasteiger partial charge in [-0.3, -0.25) is 0 Å². The van der Waals surface area contributed by atoms with Gasteiger partial charge in [0.15, 0.2) is 0 Å². The first-order chi connectivity index (χ1) is 11.1. The van der Waals surface area contributed by atoms with E-state index in [1.165, 1.54) is 0 Å². The molecule has 0 saturated heterocycles. The van der Waals surface area contributed by atoms with E-state index in [2.05, 4.69) is 29.8 Å². The third-order valence-corrected chi connectivity index (χ3v) is 3.62. The predicted octanol–water partition coefficient (Wildman–Crippen LogP) is 3.24. The lowest BCUT2D eigenvalue weighted by Gasteiger charge is -2.24. The van der Waals surface area contributed by atoms with Crippen LogP contribution in [0.15, 0.2) is 30.3 Å². The molecule has 0 heterocycles. The molecule has 3 N–H and O–H groups in total. The van der Waals surface area contributed by atoms with Crippen LogP contribution in [0.25, 0.3) is 0 Å². The van der Waals surface area contributed by atoms with Gasteiger partial charge < -0.3 is 20.7 Å². The van der Waals surface area contributed by atoms with E-state index in [1.54, 1.807) is 0 Å². The second-order valence-corrected chi connectivity index (χ2v) is 5.90. The number of benzene rings is 1. The normalized spacial score (nSPS) is 12.0. The Labute approximate surface area is 140 Å². The fraction of sp³-hybridized carbons (Fsp3) is 0.611. The van der Waals surface area contributed by atoms with Crippen molar-refractivity contribution in [3.8, 4) is 0 Å². The number of unbranched alkanes of at least 4 members (excludes halogenated alkanes) is 1. The maximum Gasteiger partial charge on any atom is 0.314 e. The van der Waals surface area contributed by atoms with Gasteiger partial charge in [0, 0.05) is 38.0 Å². The Balaban J connectivity index is 2.22. The zero-order valence-corrected chi connectivity index (χ0v) is 14.6. The van der Waals surface area contributed by atoms with Crippen molar-refractivity contribution < 1.29 is 9.53 Å². The van der Waals surface area contributed by atoms with E-state index in [0.29, 0.717) is 19.0 Å². The van der Waals surface area contributed by atoms with Gasteiger partial charge in [-0.15, -0.1) is 0 Å². The van der Waals surface area contributed by atoms with Crippen LogP contribution in [-0.4, -0.2) is 38.4 Å². The Bertz CT molecular complexity index is 424. The van der Waals surface area contributed by atoms with Crippen molar-refractivity contribution in [3.63, 3.8) is 0 Å². The number of amides is 2. The van der Waals surface area contributed by atoms with Crippen LogP contribution in [0.1, 0.15) is 33.6 Å². The zero-order valence-electron chi connectivity index (χ0n) is 14.6. The summed E-state index contributed by atoms with van der Waals surface area (Å²) in [5.74, 6) is 0.418.